The molecule has 0 N–H and O–H groups in total. The summed E-state index contributed by atoms with van der Waals surface area (Å²) in [4.78, 5) is 10.8. The van der Waals surface area contributed by atoms with Crippen molar-refractivity contribution in [2.24, 2.45) is 0 Å². The Morgan fingerprint density at radius 2 is 1.94 bits per heavy atom. The van der Waals surface area contributed by atoms with E-state index >= 15 is 0 Å². The summed E-state index contributed by atoms with van der Waals surface area (Å²) < 4.78 is 5.55. The minimum Gasteiger partial charge on any atom is -0.493 e. The summed E-state index contributed by atoms with van der Waals surface area (Å²) in [5.41, 5.74) is 2.49. The molecule has 0 spiro atoms. The molecular formula is C13H15NO2. The summed E-state index contributed by atoms with van der Waals surface area (Å²) in [5.74, 6) is 0.893. The number of rotatable bonds is 4. The van der Waals surface area contributed by atoms with Gasteiger partial charge in [-0.15, -0.1) is 0 Å². The average molecular weight is 217 g/mol. The number of ketones is 1. The van der Waals surface area contributed by atoms with Gasteiger partial charge in [-0.05, 0) is 44.0 Å². The van der Waals surface area contributed by atoms with Gasteiger partial charge in [-0.1, -0.05) is 0 Å². The first-order valence-corrected chi connectivity index (χ1v) is 5.18. The van der Waals surface area contributed by atoms with E-state index in [4.69, 9.17) is 10.00 Å². The summed E-state index contributed by atoms with van der Waals surface area (Å²) in [6, 6.07) is 5.68. The van der Waals surface area contributed by atoms with Gasteiger partial charge in [0.25, 0.3) is 0 Å². The number of benzene rings is 1. The van der Waals surface area contributed by atoms with Crippen molar-refractivity contribution in [3.05, 3.63) is 28.8 Å². The van der Waals surface area contributed by atoms with Crippen molar-refractivity contribution in [2.45, 2.75) is 27.2 Å². The molecule has 0 radical (unpaired) electrons. The molecule has 16 heavy (non-hydrogen) atoms. The summed E-state index contributed by atoms with van der Waals surface area (Å²) >= 11 is 0. The van der Waals surface area contributed by atoms with Crippen molar-refractivity contribution in [1.82, 2.24) is 0 Å². The monoisotopic (exact) mass is 217 g/mol. The Balaban J connectivity index is 2.81. The van der Waals surface area contributed by atoms with E-state index < -0.39 is 0 Å². The van der Waals surface area contributed by atoms with E-state index in [0.717, 1.165) is 16.9 Å². The third-order valence-electron chi connectivity index (χ3n) is 2.29. The zero-order valence-electron chi connectivity index (χ0n) is 9.83. The smallest absolute Gasteiger partial charge is 0.133 e. The first-order valence-electron chi connectivity index (χ1n) is 5.18. The first kappa shape index (κ1) is 12.3. The molecule has 0 heterocycles. The Morgan fingerprint density at radius 1 is 1.38 bits per heavy atom. The van der Waals surface area contributed by atoms with Crippen molar-refractivity contribution in [3.63, 3.8) is 0 Å². The second-order valence-electron chi connectivity index (χ2n) is 3.85. The number of nitriles is 1. The van der Waals surface area contributed by atoms with Crippen molar-refractivity contribution < 1.29 is 9.53 Å². The second kappa shape index (κ2) is 5.32. The van der Waals surface area contributed by atoms with E-state index in [0.29, 0.717) is 18.6 Å². The average Bonchev–Trinajstić information content (AvgIpc) is 2.21. The first-order chi connectivity index (χ1) is 7.54. The third-order valence-corrected chi connectivity index (χ3v) is 2.29. The van der Waals surface area contributed by atoms with Crippen LogP contribution in [0, 0.1) is 25.2 Å². The molecule has 0 bridgehead atoms. The Labute approximate surface area is 95.7 Å². The lowest BCUT2D eigenvalue weighted by molar-refractivity contribution is -0.117. The maximum absolute atomic E-state index is 10.8. The standard InChI is InChI=1S/C13H15NO2/c1-9-6-12(8-14)7-10(2)13(9)16-5-4-11(3)15/h6-7H,4-5H2,1-3H3. The number of ether oxygens (including phenoxy) is 1. The van der Waals surface area contributed by atoms with Gasteiger partial charge >= 0.3 is 0 Å². The van der Waals surface area contributed by atoms with Crippen LogP contribution in [0.1, 0.15) is 30.0 Å². The normalized spacial score (nSPS) is 9.62. The molecule has 3 nitrogen and oxygen atoms in total. The molecular weight excluding hydrogens is 202 g/mol. The Hall–Kier alpha value is -1.82. The topological polar surface area (TPSA) is 50.1 Å². The van der Waals surface area contributed by atoms with Gasteiger partial charge in [0, 0.05) is 6.42 Å². The van der Waals surface area contributed by atoms with Gasteiger partial charge in [-0.25, -0.2) is 0 Å². The molecule has 1 rings (SSSR count). The summed E-state index contributed by atoms with van der Waals surface area (Å²) in [6.07, 6.45) is 0.416. The van der Waals surface area contributed by atoms with Crippen LogP contribution in [-0.4, -0.2) is 12.4 Å². The van der Waals surface area contributed by atoms with Crippen molar-refractivity contribution in [3.8, 4) is 11.8 Å². The molecule has 0 aliphatic carbocycles. The Kier molecular flexibility index (Phi) is 4.07. The van der Waals surface area contributed by atoms with Crippen molar-refractivity contribution in [2.75, 3.05) is 6.61 Å². The number of hydrogen-bond acceptors (Lipinski definition) is 3. The number of carbonyl (C=O) groups is 1. The Morgan fingerprint density at radius 3 is 2.38 bits per heavy atom. The minimum absolute atomic E-state index is 0.115. The highest BCUT2D eigenvalue weighted by Crippen LogP contribution is 2.24. The van der Waals surface area contributed by atoms with Crippen LogP contribution in [0.2, 0.25) is 0 Å². The predicted molar refractivity (Wildman–Crippen MR) is 61.4 cm³/mol. The van der Waals surface area contributed by atoms with Gasteiger partial charge in [0.1, 0.15) is 11.5 Å². The molecule has 1 aromatic rings. The van der Waals surface area contributed by atoms with E-state index in [1.165, 1.54) is 0 Å². The number of nitrogens with zero attached hydrogens (tertiary/aromatic N) is 1. The van der Waals surface area contributed by atoms with Gasteiger partial charge in [-0.3, -0.25) is 4.79 Å². The highest BCUT2D eigenvalue weighted by atomic mass is 16.5. The fourth-order valence-corrected chi connectivity index (χ4v) is 1.54. The maximum Gasteiger partial charge on any atom is 0.133 e. The molecule has 0 atom stereocenters. The fourth-order valence-electron chi connectivity index (χ4n) is 1.54. The molecule has 0 unspecified atom stereocenters. The molecule has 0 saturated carbocycles. The highest BCUT2D eigenvalue weighted by molar-refractivity contribution is 5.75. The van der Waals surface area contributed by atoms with E-state index in [9.17, 15) is 4.79 Å². The number of carbonyl (C=O) groups excluding carboxylic acids is 1. The molecule has 1 aromatic carbocycles. The van der Waals surface area contributed by atoms with E-state index in [1.54, 1.807) is 19.1 Å². The molecule has 0 amide bonds. The quantitative estimate of drug-likeness (QED) is 0.778. The van der Waals surface area contributed by atoms with Crippen molar-refractivity contribution >= 4 is 5.78 Å². The minimum atomic E-state index is 0.115. The second-order valence-corrected chi connectivity index (χ2v) is 3.85. The predicted octanol–water partition coefficient (Wildman–Crippen LogP) is 2.53. The van der Waals surface area contributed by atoms with Crippen LogP contribution in [0.3, 0.4) is 0 Å². The zero-order valence-corrected chi connectivity index (χ0v) is 9.83. The van der Waals surface area contributed by atoms with Gasteiger partial charge in [0.2, 0.25) is 0 Å². The largest absolute Gasteiger partial charge is 0.493 e. The van der Waals surface area contributed by atoms with Crippen LogP contribution in [0.5, 0.6) is 5.75 Å². The van der Waals surface area contributed by atoms with Gasteiger partial charge < -0.3 is 4.74 Å². The van der Waals surface area contributed by atoms with Crippen LogP contribution in [0.4, 0.5) is 0 Å². The summed E-state index contributed by atoms with van der Waals surface area (Å²) in [7, 11) is 0. The number of hydrogen-bond donors (Lipinski definition) is 0. The Bertz CT molecular complexity index is 421. The molecule has 0 aliphatic rings. The maximum atomic E-state index is 10.8. The molecule has 84 valence electrons. The third kappa shape index (κ3) is 3.09. The SMILES string of the molecule is CC(=O)CCOc1c(C)cc(C#N)cc1C. The van der Waals surface area contributed by atoms with Crippen LogP contribution in [-0.2, 0) is 4.79 Å². The zero-order chi connectivity index (χ0) is 12.1. The van der Waals surface area contributed by atoms with Crippen LogP contribution >= 0.6 is 0 Å². The lowest BCUT2D eigenvalue weighted by Crippen LogP contribution is -2.05. The lowest BCUT2D eigenvalue weighted by atomic mass is 10.1. The summed E-state index contributed by atoms with van der Waals surface area (Å²) in [5, 5.41) is 8.79. The fraction of sp³-hybridized carbons (Fsp3) is 0.385. The highest BCUT2D eigenvalue weighted by Gasteiger charge is 2.06. The van der Waals surface area contributed by atoms with Crippen LogP contribution in [0.25, 0.3) is 0 Å². The molecule has 0 aromatic heterocycles. The van der Waals surface area contributed by atoms with Gasteiger partial charge in [-0.2, -0.15) is 5.26 Å². The molecule has 0 aliphatic heterocycles. The lowest BCUT2D eigenvalue weighted by Gasteiger charge is -2.11. The van der Waals surface area contributed by atoms with Crippen molar-refractivity contribution in [1.29, 1.82) is 5.26 Å². The molecule has 3 heteroatoms. The van der Waals surface area contributed by atoms with E-state index in [1.807, 2.05) is 13.8 Å². The van der Waals surface area contributed by atoms with E-state index in [-0.39, 0.29) is 5.78 Å². The number of Topliss-reactive ketones (excluding diaryl/α,β-unsaturated/α-hetero) is 1. The van der Waals surface area contributed by atoms with Gasteiger partial charge in [0.15, 0.2) is 0 Å². The number of aryl methyl sites for hydroxylation is 2. The van der Waals surface area contributed by atoms with Crippen LogP contribution in [0.15, 0.2) is 12.1 Å². The van der Waals surface area contributed by atoms with Crippen LogP contribution < -0.4 is 4.74 Å². The van der Waals surface area contributed by atoms with E-state index in [2.05, 4.69) is 6.07 Å². The summed E-state index contributed by atoms with van der Waals surface area (Å²) in [6.45, 7) is 5.73. The molecule has 0 fully saturated rings. The molecule has 0 saturated heterocycles. The van der Waals surface area contributed by atoms with Gasteiger partial charge in [0.05, 0.1) is 18.2 Å².